The molecule has 1 amide bonds. The predicted octanol–water partition coefficient (Wildman–Crippen LogP) is 2.01. The van der Waals surface area contributed by atoms with Crippen LogP contribution in [0.25, 0.3) is 0 Å². The Morgan fingerprint density at radius 1 is 1.31 bits per heavy atom. The van der Waals surface area contributed by atoms with E-state index in [4.69, 9.17) is 9.84 Å². The SMILES string of the molecule is CCC(CC)(CNC(=O)OC(C)C)C(=O)O. The zero-order chi connectivity index (χ0) is 12.8. The molecular weight excluding hydrogens is 210 g/mol. The maximum Gasteiger partial charge on any atom is 0.407 e. The molecule has 5 heteroatoms. The van der Waals surface area contributed by atoms with E-state index in [0.717, 1.165) is 0 Å². The third kappa shape index (κ3) is 4.08. The Morgan fingerprint density at radius 2 is 1.81 bits per heavy atom. The van der Waals surface area contributed by atoms with Crippen LogP contribution in [0.15, 0.2) is 0 Å². The minimum absolute atomic E-state index is 0.0981. The van der Waals surface area contributed by atoms with Crippen molar-refractivity contribution in [1.82, 2.24) is 5.32 Å². The zero-order valence-corrected chi connectivity index (χ0v) is 10.4. The molecule has 0 atom stereocenters. The van der Waals surface area contributed by atoms with Crippen molar-refractivity contribution in [2.45, 2.75) is 46.6 Å². The number of nitrogens with one attached hydrogen (secondary N) is 1. The largest absolute Gasteiger partial charge is 0.481 e. The van der Waals surface area contributed by atoms with Gasteiger partial charge in [-0.25, -0.2) is 4.79 Å². The number of rotatable bonds is 6. The molecule has 0 radical (unpaired) electrons. The molecular formula is C11H21NO4. The minimum atomic E-state index is -0.893. The number of carbonyl (C=O) groups excluding carboxylic acids is 1. The first-order chi connectivity index (χ1) is 7.38. The van der Waals surface area contributed by atoms with Gasteiger partial charge in [0.2, 0.25) is 0 Å². The Labute approximate surface area is 96.2 Å². The lowest BCUT2D eigenvalue weighted by Crippen LogP contribution is -2.43. The summed E-state index contributed by atoms with van der Waals surface area (Å²) in [7, 11) is 0. The maximum atomic E-state index is 11.2. The molecule has 0 spiro atoms. The molecule has 0 aromatic heterocycles. The number of hydrogen-bond donors (Lipinski definition) is 2. The number of carbonyl (C=O) groups is 2. The topological polar surface area (TPSA) is 75.6 Å². The van der Waals surface area contributed by atoms with Crippen LogP contribution in [-0.4, -0.2) is 29.8 Å². The second kappa shape index (κ2) is 6.35. The Kier molecular flexibility index (Phi) is 5.85. The second-order valence-electron chi connectivity index (χ2n) is 4.10. The molecule has 0 heterocycles. The molecule has 5 nitrogen and oxygen atoms in total. The normalized spacial score (nSPS) is 11.3. The van der Waals surface area contributed by atoms with Crippen LogP contribution in [0.4, 0.5) is 4.79 Å². The van der Waals surface area contributed by atoms with Gasteiger partial charge in [-0.15, -0.1) is 0 Å². The van der Waals surface area contributed by atoms with E-state index in [1.807, 2.05) is 0 Å². The molecule has 0 fully saturated rings. The van der Waals surface area contributed by atoms with E-state index < -0.39 is 17.5 Å². The number of aliphatic carboxylic acids is 1. The molecule has 0 aliphatic rings. The molecule has 0 saturated carbocycles. The first-order valence-corrected chi connectivity index (χ1v) is 5.55. The fraction of sp³-hybridized carbons (Fsp3) is 0.818. The highest BCUT2D eigenvalue weighted by Gasteiger charge is 2.35. The van der Waals surface area contributed by atoms with Crippen molar-refractivity contribution in [3.8, 4) is 0 Å². The van der Waals surface area contributed by atoms with Crippen LogP contribution in [0.3, 0.4) is 0 Å². The Morgan fingerprint density at radius 3 is 2.12 bits per heavy atom. The molecule has 0 aliphatic heterocycles. The Balaban J connectivity index is 4.33. The van der Waals surface area contributed by atoms with Gasteiger partial charge in [-0.3, -0.25) is 4.79 Å². The number of hydrogen-bond acceptors (Lipinski definition) is 3. The second-order valence-corrected chi connectivity index (χ2v) is 4.10. The molecule has 16 heavy (non-hydrogen) atoms. The first-order valence-electron chi connectivity index (χ1n) is 5.55. The highest BCUT2D eigenvalue weighted by molar-refractivity contribution is 5.76. The van der Waals surface area contributed by atoms with E-state index in [2.05, 4.69) is 5.32 Å². The van der Waals surface area contributed by atoms with Crippen LogP contribution in [0.1, 0.15) is 40.5 Å². The van der Waals surface area contributed by atoms with Crippen LogP contribution >= 0.6 is 0 Å². The highest BCUT2D eigenvalue weighted by atomic mass is 16.6. The number of carboxylic acids is 1. The summed E-state index contributed by atoms with van der Waals surface area (Å²) in [4.78, 5) is 22.4. The molecule has 0 bridgehead atoms. The fourth-order valence-corrected chi connectivity index (χ4v) is 1.38. The van der Waals surface area contributed by atoms with Crippen molar-refractivity contribution in [2.24, 2.45) is 5.41 Å². The van der Waals surface area contributed by atoms with Gasteiger partial charge in [0.1, 0.15) is 0 Å². The molecule has 0 unspecified atom stereocenters. The van der Waals surface area contributed by atoms with Gasteiger partial charge in [0.05, 0.1) is 11.5 Å². The summed E-state index contributed by atoms with van der Waals surface area (Å²) in [6, 6.07) is 0. The van der Waals surface area contributed by atoms with Crippen molar-refractivity contribution in [2.75, 3.05) is 6.54 Å². The average molecular weight is 231 g/mol. The van der Waals surface area contributed by atoms with Crippen LogP contribution in [0.5, 0.6) is 0 Å². The van der Waals surface area contributed by atoms with Crippen LogP contribution in [0.2, 0.25) is 0 Å². The lowest BCUT2D eigenvalue weighted by molar-refractivity contribution is -0.149. The number of carboxylic acid groups (broad SMARTS) is 1. The molecule has 0 rings (SSSR count). The highest BCUT2D eigenvalue weighted by Crippen LogP contribution is 2.25. The summed E-state index contributed by atoms with van der Waals surface area (Å²) in [6.45, 7) is 7.17. The summed E-state index contributed by atoms with van der Waals surface area (Å²) in [6.07, 6.45) is 0.173. The summed E-state index contributed by atoms with van der Waals surface area (Å²) < 4.78 is 4.87. The van der Waals surface area contributed by atoms with E-state index in [1.54, 1.807) is 27.7 Å². The third-order valence-corrected chi connectivity index (χ3v) is 2.72. The third-order valence-electron chi connectivity index (χ3n) is 2.72. The van der Waals surface area contributed by atoms with Gasteiger partial charge in [0.25, 0.3) is 0 Å². The van der Waals surface area contributed by atoms with Crippen molar-refractivity contribution >= 4 is 12.1 Å². The monoisotopic (exact) mass is 231 g/mol. The van der Waals surface area contributed by atoms with Crippen molar-refractivity contribution < 1.29 is 19.4 Å². The van der Waals surface area contributed by atoms with Gasteiger partial charge in [0.15, 0.2) is 0 Å². The van der Waals surface area contributed by atoms with E-state index in [-0.39, 0.29) is 12.6 Å². The van der Waals surface area contributed by atoms with Crippen LogP contribution in [0, 0.1) is 5.41 Å². The maximum absolute atomic E-state index is 11.2. The fourth-order valence-electron chi connectivity index (χ4n) is 1.38. The van der Waals surface area contributed by atoms with E-state index in [9.17, 15) is 9.59 Å². The molecule has 0 aliphatic carbocycles. The minimum Gasteiger partial charge on any atom is -0.481 e. The van der Waals surface area contributed by atoms with E-state index >= 15 is 0 Å². The molecule has 94 valence electrons. The lowest BCUT2D eigenvalue weighted by atomic mass is 9.82. The number of ether oxygens (including phenoxy) is 1. The molecule has 0 aromatic rings. The van der Waals surface area contributed by atoms with Gasteiger partial charge < -0.3 is 15.2 Å². The van der Waals surface area contributed by atoms with Gasteiger partial charge in [-0.2, -0.15) is 0 Å². The number of alkyl carbamates (subject to hydrolysis) is 1. The van der Waals surface area contributed by atoms with Crippen LogP contribution in [-0.2, 0) is 9.53 Å². The summed E-state index contributed by atoms with van der Waals surface area (Å²) >= 11 is 0. The van der Waals surface area contributed by atoms with Crippen LogP contribution < -0.4 is 5.32 Å². The molecule has 2 N–H and O–H groups in total. The lowest BCUT2D eigenvalue weighted by Gasteiger charge is -2.26. The van der Waals surface area contributed by atoms with Crippen molar-refractivity contribution in [1.29, 1.82) is 0 Å². The quantitative estimate of drug-likeness (QED) is 0.733. The van der Waals surface area contributed by atoms with Gasteiger partial charge in [-0.1, -0.05) is 13.8 Å². The van der Waals surface area contributed by atoms with Crippen molar-refractivity contribution in [3.05, 3.63) is 0 Å². The Hall–Kier alpha value is -1.26. The summed E-state index contributed by atoms with van der Waals surface area (Å²) in [5.74, 6) is -0.887. The zero-order valence-electron chi connectivity index (χ0n) is 10.4. The predicted molar refractivity (Wildman–Crippen MR) is 60.3 cm³/mol. The average Bonchev–Trinajstić information content (AvgIpc) is 2.18. The van der Waals surface area contributed by atoms with E-state index in [0.29, 0.717) is 12.8 Å². The number of amides is 1. The van der Waals surface area contributed by atoms with Gasteiger partial charge in [0, 0.05) is 6.54 Å². The molecule has 0 aromatic carbocycles. The molecule has 0 saturated heterocycles. The summed E-state index contributed by atoms with van der Waals surface area (Å²) in [5, 5.41) is 11.6. The first kappa shape index (κ1) is 14.7. The van der Waals surface area contributed by atoms with Crippen molar-refractivity contribution in [3.63, 3.8) is 0 Å². The Bertz CT molecular complexity index is 246. The van der Waals surface area contributed by atoms with Gasteiger partial charge >= 0.3 is 12.1 Å². The standard InChI is InChI=1S/C11H21NO4/c1-5-11(6-2,9(13)14)7-12-10(15)16-8(3)4/h8H,5-7H2,1-4H3,(H,12,15)(H,13,14). The van der Waals surface area contributed by atoms with Gasteiger partial charge in [-0.05, 0) is 26.7 Å². The summed E-state index contributed by atoms with van der Waals surface area (Å²) in [5.41, 5.74) is -0.893. The van der Waals surface area contributed by atoms with E-state index in [1.165, 1.54) is 0 Å². The smallest absolute Gasteiger partial charge is 0.407 e.